The second kappa shape index (κ2) is 11.1. The van der Waals surface area contributed by atoms with Crippen molar-refractivity contribution >= 4 is 29.1 Å². The van der Waals surface area contributed by atoms with Crippen molar-refractivity contribution < 1.29 is 18.8 Å². The molecule has 3 amide bonds. The number of aryl methyl sites for hydroxylation is 2. The van der Waals surface area contributed by atoms with Crippen LogP contribution < -0.4 is 15.5 Å². The number of benzene rings is 2. The number of carbonyl (C=O) groups is 3. The van der Waals surface area contributed by atoms with Crippen LogP contribution in [0, 0.1) is 19.8 Å². The quantitative estimate of drug-likeness (QED) is 0.504. The topological polar surface area (TPSA) is 100 Å². The number of primary amides is 1. The van der Waals surface area contributed by atoms with Gasteiger partial charge in [0.05, 0.1) is 18.8 Å². The van der Waals surface area contributed by atoms with E-state index in [0.29, 0.717) is 32.4 Å². The zero-order chi connectivity index (χ0) is 27.7. The van der Waals surface area contributed by atoms with Gasteiger partial charge in [-0.2, -0.15) is 0 Å². The summed E-state index contributed by atoms with van der Waals surface area (Å²) in [6.45, 7) is 7.63. The fourth-order valence-electron chi connectivity index (χ4n) is 5.87. The lowest BCUT2D eigenvalue weighted by atomic mass is 9.88. The minimum absolute atomic E-state index is 0.00755. The van der Waals surface area contributed by atoms with Gasteiger partial charge in [0.15, 0.2) is 5.76 Å². The molecule has 2 N–H and O–H groups in total. The van der Waals surface area contributed by atoms with E-state index in [1.807, 2.05) is 62.1 Å². The molecule has 204 valence electrons. The number of furan rings is 1. The van der Waals surface area contributed by atoms with Crippen LogP contribution in [0.2, 0.25) is 0 Å². The second-order valence-corrected chi connectivity index (χ2v) is 10.9. The van der Waals surface area contributed by atoms with Crippen LogP contribution in [-0.2, 0) is 9.59 Å². The fraction of sp³-hybridized carbons (Fsp3) is 0.387. The minimum atomic E-state index is -0.265. The van der Waals surface area contributed by atoms with Crippen molar-refractivity contribution in [1.82, 2.24) is 4.90 Å². The Morgan fingerprint density at radius 1 is 1.00 bits per heavy atom. The summed E-state index contributed by atoms with van der Waals surface area (Å²) >= 11 is 0. The number of carbonyl (C=O) groups excluding carboxylic acids is 3. The highest BCUT2D eigenvalue weighted by atomic mass is 16.3. The third-order valence-electron chi connectivity index (χ3n) is 8.00. The van der Waals surface area contributed by atoms with Crippen LogP contribution in [0.3, 0.4) is 0 Å². The molecule has 8 heteroatoms. The lowest BCUT2D eigenvalue weighted by molar-refractivity contribution is -0.123. The Morgan fingerprint density at radius 3 is 2.33 bits per heavy atom. The molecule has 0 radical (unpaired) electrons. The van der Waals surface area contributed by atoms with Gasteiger partial charge in [-0.3, -0.25) is 19.3 Å². The van der Waals surface area contributed by atoms with E-state index in [9.17, 15) is 14.4 Å². The lowest BCUT2D eigenvalue weighted by Gasteiger charge is -2.44. The van der Waals surface area contributed by atoms with E-state index in [0.717, 1.165) is 28.1 Å². The molecular formula is C31H36N4O4. The molecule has 1 saturated heterocycles. The highest BCUT2D eigenvalue weighted by Crippen LogP contribution is 2.43. The van der Waals surface area contributed by atoms with Crippen LogP contribution in [0.25, 0.3) is 0 Å². The third kappa shape index (κ3) is 5.47. The third-order valence-corrected chi connectivity index (χ3v) is 8.00. The van der Waals surface area contributed by atoms with Crippen LogP contribution in [0.1, 0.15) is 59.5 Å². The number of rotatable bonds is 6. The molecule has 1 fully saturated rings. The summed E-state index contributed by atoms with van der Waals surface area (Å²) in [4.78, 5) is 45.0. The van der Waals surface area contributed by atoms with E-state index in [-0.39, 0.29) is 48.0 Å². The molecule has 0 unspecified atom stereocenters. The summed E-state index contributed by atoms with van der Waals surface area (Å²) < 4.78 is 5.45. The number of amides is 3. The van der Waals surface area contributed by atoms with E-state index >= 15 is 0 Å². The molecule has 8 nitrogen and oxygen atoms in total. The van der Waals surface area contributed by atoms with Crippen molar-refractivity contribution in [2.75, 3.05) is 29.4 Å². The number of nitrogens with zero attached hydrogens (tertiary/aromatic N) is 3. The average Bonchev–Trinajstić information content (AvgIpc) is 3.45. The van der Waals surface area contributed by atoms with Gasteiger partial charge in [-0.15, -0.1) is 0 Å². The standard InChI is InChI=1S/C31H36N4O4/c1-20-6-9-24(10-7-20)35(29(36)19-33-14-12-23(13-15-33)30(32)37)27-18-22(3)34(31(38)28-5-4-16-39-28)26-11-8-21(2)17-25(26)27/h4-11,16-17,22-23,27H,12-15,18-19H2,1-3H3,(H2,32,37)/t22-,27-/m0/s1. The predicted molar refractivity (Wildman–Crippen MR) is 151 cm³/mol. The van der Waals surface area contributed by atoms with E-state index in [2.05, 4.69) is 11.0 Å². The van der Waals surface area contributed by atoms with Gasteiger partial charge < -0.3 is 20.0 Å². The minimum Gasteiger partial charge on any atom is -0.459 e. The first-order chi connectivity index (χ1) is 18.7. The molecule has 1 aromatic heterocycles. The summed E-state index contributed by atoms with van der Waals surface area (Å²) in [5.74, 6) is -0.304. The maximum atomic E-state index is 14.1. The molecule has 0 bridgehead atoms. The van der Waals surface area contributed by atoms with Crippen LogP contribution >= 0.6 is 0 Å². The molecule has 3 heterocycles. The van der Waals surface area contributed by atoms with E-state index in [1.54, 1.807) is 17.0 Å². The molecule has 0 saturated carbocycles. The maximum Gasteiger partial charge on any atom is 0.294 e. The van der Waals surface area contributed by atoms with Crippen molar-refractivity contribution in [3.05, 3.63) is 83.3 Å². The Hall–Kier alpha value is -3.91. The first kappa shape index (κ1) is 26.7. The zero-order valence-electron chi connectivity index (χ0n) is 22.8. The zero-order valence-corrected chi connectivity index (χ0v) is 22.8. The summed E-state index contributed by atoms with van der Waals surface area (Å²) in [5.41, 5.74) is 10.2. The van der Waals surface area contributed by atoms with Gasteiger partial charge in [0.1, 0.15) is 0 Å². The van der Waals surface area contributed by atoms with Crippen LogP contribution in [0.5, 0.6) is 0 Å². The van der Waals surface area contributed by atoms with Crippen molar-refractivity contribution in [2.45, 2.75) is 52.1 Å². The fourth-order valence-corrected chi connectivity index (χ4v) is 5.87. The number of anilines is 2. The van der Waals surface area contributed by atoms with Gasteiger partial charge in [0, 0.05) is 23.3 Å². The number of hydrogen-bond acceptors (Lipinski definition) is 5. The van der Waals surface area contributed by atoms with E-state index in [1.165, 1.54) is 6.26 Å². The summed E-state index contributed by atoms with van der Waals surface area (Å²) in [6.07, 6.45) is 3.41. The Morgan fingerprint density at radius 2 is 1.69 bits per heavy atom. The number of nitrogens with two attached hydrogens (primary N) is 1. The average molecular weight is 529 g/mol. The Bertz CT molecular complexity index is 1340. The molecule has 2 aliphatic rings. The van der Waals surface area contributed by atoms with Gasteiger partial charge in [-0.25, -0.2) is 0 Å². The van der Waals surface area contributed by atoms with Crippen molar-refractivity contribution in [1.29, 1.82) is 0 Å². The van der Waals surface area contributed by atoms with Gasteiger partial charge in [0.2, 0.25) is 11.8 Å². The Labute approximate surface area is 229 Å². The number of fused-ring (bicyclic) bond motifs is 1. The monoisotopic (exact) mass is 528 g/mol. The molecule has 2 atom stereocenters. The van der Waals surface area contributed by atoms with Crippen LogP contribution in [0.15, 0.2) is 65.3 Å². The second-order valence-electron chi connectivity index (χ2n) is 10.9. The molecular weight excluding hydrogens is 492 g/mol. The van der Waals surface area contributed by atoms with Crippen molar-refractivity contribution in [3.63, 3.8) is 0 Å². The highest BCUT2D eigenvalue weighted by molar-refractivity contribution is 6.06. The highest BCUT2D eigenvalue weighted by Gasteiger charge is 2.40. The number of hydrogen-bond donors (Lipinski definition) is 1. The maximum absolute atomic E-state index is 14.1. The van der Waals surface area contributed by atoms with Gasteiger partial charge in [-0.1, -0.05) is 35.4 Å². The van der Waals surface area contributed by atoms with Crippen LogP contribution in [-0.4, -0.2) is 48.3 Å². The van der Waals surface area contributed by atoms with Gasteiger partial charge in [0.25, 0.3) is 5.91 Å². The van der Waals surface area contributed by atoms with Crippen molar-refractivity contribution in [2.24, 2.45) is 11.7 Å². The Balaban J connectivity index is 1.50. The molecule has 2 aliphatic heterocycles. The molecule has 0 spiro atoms. The van der Waals surface area contributed by atoms with Crippen LogP contribution in [0.4, 0.5) is 11.4 Å². The Kier molecular flexibility index (Phi) is 7.57. The summed E-state index contributed by atoms with van der Waals surface area (Å²) in [6, 6.07) is 17.0. The normalized spacial score (nSPS) is 19.9. The first-order valence-electron chi connectivity index (χ1n) is 13.6. The van der Waals surface area contributed by atoms with E-state index in [4.69, 9.17) is 10.2 Å². The van der Waals surface area contributed by atoms with Gasteiger partial charge in [-0.05, 0) is 89.0 Å². The predicted octanol–water partition coefficient (Wildman–Crippen LogP) is 4.61. The molecule has 39 heavy (non-hydrogen) atoms. The van der Waals surface area contributed by atoms with Crippen molar-refractivity contribution in [3.8, 4) is 0 Å². The first-order valence-corrected chi connectivity index (χ1v) is 13.6. The molecule has 3 aromatic rings. The number of piperidine rings is 1. The largest absolute Gasteiger partial charge is 0.459 e. The number of likely N-dealkylation sites (tertiary alicyclic amines) is 1. The van der Waals surface area contributed by atoms with E-state index < -0.39 is 0 Å². The summed E-state index contributed by atoms with van der Waals surface area (Å²) in [5, 5.41) is 0. The smallest absolute Gasteiger partial charge is 0.294 e. The molecule has 0 aliphatic carbocycles. The molecule has 5 rings (SSSR count). The summed E-state index contributed by atoms with van der Waals surface area (Å²) in [7, 11) is 0. The van der Waals surface area contributed by atoms with Gasteiger partial charge >= 0.3 is 0 Å². The SMILES string of the molecule is Cc1ccc(N(C(=O)CN2CCC(C(N)=O)CC2)[C@H]2C[C@H](C)N(C(=O)c3ccco3)c3ccc(C)cc32)cc1. The molecule has 2 aromatic carbocycles. The lowest BCUT2D eigenvalue weighted by Crippen LogP contribution is -2.50.